The Kier molecular flexibility index (Phi) is 5.94. The lowest BCUT2D eigenvalue weighted by Crippen LogP contribution is -2.44. The van der Waals surface area contributed by atoms with E-state index in [0.717, 1.165) is 6.07 Å². The van der Waals surface area contributed by atoms with Gasteiger partial charge >= 0.3 is 12.0 Å². The van der Waals surface area contributed by atoms with Crippen LogP contribution in [-0.2, 0) is 4.79 Å². The first-order valence-electron chi connectivity index (χ1n) is 6.09. The highest BCUT2D eigenvalue weighted by atomic mass is 79.9. The highest BCUT2D eigenvalue weighted by Gasteiger charge is 2.22. The number of carbonyl (C=O) groups excluding carboxylic acids is 1. The fourth-order valence-electron chi connectivity index (χ4n) is 1.57. The molecule has 1 unspecified atom stereocenters. The van der Waals surface area contributed by atoms with Crippen molar-refractivity contribution in [1.82, 2.24) is 4.90 Å². The van der Waals surface area contributed by atoms with Crippen LogP contribution < -0.4 is 5.32 Å². The Morgan fingerprint density at radius 1 is 1.50 bits per heavy atom. The summed E-state index contributed by atoms with van der Waals surface area (Å²) >= 11 is 3.20. The number of urea groups is 1. The molecule has 0 aromatic heterocycles. The van der Waals surface area contributed by atoms with Crippen LogP contribution in [0.3, 0.4) is 0 Å². The number of hydrogen-bond acceptors (Lipinski definition) is 2. The van der Waals surface area contributed by atoms with Crippen molar-refractivity contribution >= 4 is 33.6 Å². The Hall–Kier alpha value is -1.63. The molecule has 1 atom stereocenters. The van der Waals surface area contributed by atoms with Crippen LogP contribution in [0.1, 0.15) is 20.3 Å². The van der Waals surface area contributed by atoms with E-state index in [1.165, 1.54) is 17.0 Å². The number of benzene rings is 1. The van der Waals surface area contributed by atoms with Crippen LogP contribution in [0.15, 0.2) is 22.7 Å². The number of aliphatic carboxylic acids is 1. The summed E-state index contributed by atoms with van der Waals surface area (Å²) in [7, 11) is 0. The molecule has 2 amide bonds. The molecule has 0 spiro atoms. The third kappa shape index (κ3) is 4.48. The number of nitrogens with zero attached hydrogens (tertiary/aromatic N) is 1. The zero-order chi connectivity index (χ0) is 15.3. The number of anilines is 1. The molecule has 1 aromatic carbocycles. The minimum Gasteiger partial charge on any atom is -0.480 e. The predicted octanol–water partition coefficient (Wildman–Crippen LogP) is 3.31. The molecule has 0 aliphatic carbocycles. The van der Waals surface area contributed by atoms with E-state index in [2.05, 4.69) is 21.2 Å². The summed E-state index contributed by atoms with van der Waals surface area (Å²) in [6, 6.07) is 3.07. The number of nitrogens with one attached hydrogen (secondary N) is 1. The summed E-state index contributed by atoms with van der Waals surface area (Å²) in [5.41, 5.74) is 0.258. The van der Waals surface area contributed by atoms with E-state index in [1.807, 2.05) is 6.92 Å². The van der Waals surface area contributed by atoms with Gasteiger partial charge in [0.15, 0.2) is 0 Å². The van der Waals surface area contributed by atoms with Crippen LogP contribution >= 0.6 is 15.9 Å². The quantitative estimate of drug-likeness (QED) is 0.859. The van der Waals surface area contributed by atoms with E-state index in [-0.39, 0.29) is 11.7 Å². The van der Waals surface area contributed by atoms with Crippen molar-refractivity contribution in [3.63, 3.8) is 0 Å². The maximum atomic E-state index is 13.2. The number of carboxylic acid groups (broad SMARTS) is 1. The van der Waals surface area contributed by atoms with Crippen LogP contribution in [-0.4, -0.2) is 34.6 Å². The second kappa shape index (κ2) is 7.23. The van der Waals surface area contributed by atoms with Gasteiger partial charge in [0, 0.05) is 10.5 Å². The molecular formula is C13H16BrFN2O3. The van der Waals surface area contributed by atoms with Gasteiger partial charge in [0.2, 0.25) is 0 Å². The predicted molar refractivity (Wildman–Crippen MR) is 77.2 cm³/mol. The van der Waals surface area contributed by atoms with Gasteiger partial charge in [-0.1, -0.05) is 6.92 Å². The van der Waals surface area contributed by atoms with E-state index >= 15 is 0 Å². The number of halogens is 2. The third-order valence-electron chi connectivity index (χ3n) is 2.86. The third-order valence-corrected chi connectivity index (χ3v) is 3.55. The lowest BCUT2D eigenvalue weighted by atomic mass is 10.2. The molecule has 0 aliphatic rings. The van der Waals surface area contributed by atoms with Gasteiger partial charge < -0.3 is 15.3 Å². The average molecular weight is 347 g/mol. The zero-order valence-corrected chi connectivity index (χ0v) is 12.8. The van der Waals surface area contributed by atoms with Gasteiger partial charge in [0.05, 0.1) is 5.69 Å². The highest BCUT2D eigenvalue weighted by Crippen LogP contribution is 2.23. The van der Waals surface area contributed by atoms with Gasteiger partial charge in [-0.3, -0.25) is 4.79 Å². The molecule has 1 aromatic rings. The number of carbonyl (C=O) groups is 2. The summed E-state index contributed by atoms with van der Waals surface area (Å²) in [6.45, 7) is 3.20. The second-order valence-electron chi connectivity index (χ2n) is 4.33. The number of amides is 2. The molecule has 1 rings (SSSR count). The molecule has 110 valence electrons. The molecule has 5 nitrogen and oxygen atoms in total. The lowest BCUT2D eigenvalue weighted by Gasteiger charge is -2.27. The number of carboxylic acids is 1. The summed E-state index contributed by atoms with van der Waals surface area (Å²) in [6.07, 6.45) is 0.616. The zero-order valence-electron chi connectivity index (χ0n) is 11.2. The molecule has 7 heteroatoms. The molecule has 0 aliphatic heterocycles. The van der Waals surface area contributed by atoms with Gasteiger partial charge in [0.1, 0.15) is 12.4 Å². The monoisotopic (exact) mass is 346 g/mol. The van der Waals surface area contributed by atoms with Crippen molar-refractivity contribution in [2.24, 2.45) is 0 Å². The van der Waals surface area contributed by atoms with E-state index in [9.17, 15) is 14.0 Å². The van der Waals surface area contributed by atoms with Crippen LogP contribution in [0.2, 0.25) is 0 Å². The van der Waals surface area contributed by atoms with Crippen LogP contribution in [0.25, 0.3) is 0 Å². The molecule has 0 radical (unpaired) electrons. The average Bonchev–Trinajstić information content (AvgIpc) is 2.39. The Bertz CT molecular complexity index is 510. The highest BCUT2D eigenvalue weighted by molar-refractivity contribution is 9.10. The molecule has 0 saturated carbocycles. The topological polar surface area (TPSA) is 69.6 Å². The van der Waals surface area contributed by atoms with Crippen molar-refractivity contribution in [3.05, 3.63) is 28.5 Å². The normalized spacial score (nSPS) is 11.8. The van der Waals surface area contributed by atoms with Gasteiger partial charge in [-0.2, -0.15) is 0 Å². The van der Waals surface area contributed by atoms with Crippen molar-refractivity contribution < 1.29 is 19.1 Å². The Morgan fingerprint density at radius 3 is 2.70 bits per heavy atom. The summed E-state index contributed by atoms with van der Waals surface area (Å²) < 4.78 is 13.7. The lowest BCUT2D eigenvalue weighted by molar-refractivity contribution is -0.138. The first-order valence-corrected chi connectivity index (χ1v) is 6.89. The number of hydrogen-bond donors (Lipinski definition) is 2. The molecule has 0 bridgehead atoms. The van der Waals surface area contributed by atoms with Gasteiger partial charge in [-0.25, -0.2) is 9.18 Å². The molecule has 0 saturated heterocycles. The molecule has 0 fully saturated rings. The second-order valence-corrected chi connectivity index (χ2v) is 5.19. The Morgan fingerprint density at radius 2 is 2.15 bits per heavy atom. The van der Waals surface area contributed by atoms with Gasteiger partial charge in [-0.15, -0.1) is 0 Å². The minimum atomic E-state index is -1.10. The van der Waals surface area contributed by atoms with Crippen molar-refractivity contribution in [2.45, 2.75) is 26.3 Å². The first-order chi connectivity index (χ1) is 9.35. The molecular weight excluding hydrogens is 331 g/mol. The molecule has 2 N–H and O–H groups in total. The van der Waals surface area contributed by atoms with Crippen LogP contribution in [0.4, 0.5) is 14.9 Å². The minimum absolute atomic E-state index is 0.238. The largest absolute Gasteiger partial charge is 0.480 e. The van der Waals surface area contributed by atoms with E-state index < -0.39 is 24.4 Å². The fourth-order valence-corrected chi connectivity index (χ4v) is 1.92. The van der Waals surface area contributed by atoms with E-state index in [4.69, 9.17) is 5.11 Å². The van der Waals surface area contributed by atoms with E-state index in [0.29, 0.717) is 10.9 Å². The standard InChI is InChI=1S/C13H16BrFN2O3/c1-3-8(2)17(7-12(18)19)13(20)16-11-6-9(15)4-5-10(11)14/h4-6,8H,3,7H2,1-2H3,(H,16,20)(H,18,19). The van der Waals surface area contributed by atoms with Gasteiger partial charge in [0.25, 0.3) is 0 Å². The Balaban J connectivity index is 2.90. The summed E-state index contributed by atoms with van der Waals surface area (Å²) in [4.78, 5) is 24.1. The summed E-state index contributed by atoms with van der Waals surface area (Å²) in [5, 5.41) is 11.4. The van der Waals surface area contributed by atoms with Crippen molar-refractivity contribution in [1.29, 1.82) is 0 Å². The summed E-state index contributed by atoms with van der Waals surface area (Å²) in [5.74, 6) is -1.59. The van der Waals surface area contributed by atoms with Crippen molar-refractivity contribution in [2.75, 3.05) is 11.9 Å². The SMILES string of the molecule is CCC(C)N(CC(=O)O)C(=O)Nc1cc(F)ccc1Br. The van der Waals surface area contributed by atoms with Crippen molar-refractivity contribution in [3.8, 4) is 0 Å². The molecule has 0 heterocycles. The smallest absolute Gasteiger partial charge is 0.323 e. The first kappa shape index (κ1) is 16.4. The maximum Gasteiger partial charge on any atom is 0.323 e. The Labute approximate surface area is 124 Å². The number of rotatable bonds is 5. The van der Waals surface area contributed by atoms with E-state index in [1.54, 1.807) is 6.92 Å². The molecule has 20 heavy (non-hydrogen) atoms. The fraction of sp³-hybridized carbons (Fsp3) is 0.385. The van der Waals surface area contributed by atoms with Crippen LogP contribution in [0.5, 0.6) is 0 Å². The maximum absolute atomic E-state index is 13.2. The van der Waals surface area contributed by atoms with Crippen LogP contribution in [0, 0.1) is 5.82 Å². The van der Waals surface area contributed by atoms with Gasteiger partial charge in [-0.05, 0) is 47.5 Å².